The van der Waals surface area contributed by atoms with Crippen LogP contribution in [-0.4, -0.2) is 48.8 Å². The molecule has 1 aromatic heterocycles. The van der Waals surface area contributed by atoms with Crippen molar-refractivity contribution in [1.82, 2.24) is 10.2 Å². The van der Waals surface area contributed by atoms with Crippen LogP contribution in [0.5, 0.6) is 5.75 Å². The smallest absolute Gasteiger partial charge is 0.451 e. The maximum atomic E-state index is 13.4. The van der Waals surface area contributed by atoms with Gasteiger partial charge in [-0.15, -0.1) is 13.2 Å². The van der Waals surface area contributed by atoms with Crippen molar-refractivity contribution >= 4 is 40.1 Å². The first kappa shape index (κ1) is 33.1. The number of halogens is 4. The number of fused-ring (bicyclic) bond motifs is 1. The number of benzene rings is 3. The Morgan fingerprint density at radius 3 is 2.44 bits per heavy atom. The highest BCUT2D eigenvalue weighted by Gasteiger charge is 2.31. The molecule has 2 aliphatic heterocycles. The highest BCUT2D eigenvalue weighted by molar-refractivity contribution is 6.30. The van der Waals surface area contributed by atoms with Gasteiger partial charge in [-0.05, 0) is 73.2 Å². The van der Waals surface area contributed by atoms with E-state index in [4.69, 9.17) is 16.0 Å². The Kier molecular flexibility index (Phi) is 9.77. The second-order valence-electron chi connectivity index (χ2n) is 12.0. The maximum absolute atomic E-state index is 13.4. The number of hydrogen-bond donors (Lipinski definition) is 1. The van der Waals surface area contributed by atoms with Gasteiger partial charge in [-0.3, -0.25) is 14.4 Å². The minimum atomic E-state index is -4.92. The topological polar surface area (TPSA) is 92.1 Å². The number of carbonyl (C=O) groups excluding carboxylic acids is 2. The quantitative estimate of drug-likeness (QED) is 0.191. The first-order chi connectivity index (χ1) is 23.0. The Morgan fingerprint density at radius 2 is 1.73 bits per heavy atom. The number of piperidine rings is 1. The van der Waals surface area contributed by atoms with Crippen molar-refractivity contribution in [2.75, 3.05) is 24.5 Å². The Hall–Kier alpha value is -4.77. The average Bonchev–Trinajstić information content (AvgIpc) is 3.46. The molecule has 48 heavy (non-hydrogen) atoms. The van der Waals surface area contributed by atoms with E-state index in [1.54, 1.807) is 12.1 Å². The molecule has 0 aliphatic carbocycles. The third-order valence-corrected chi connectivity index (χ3v) is 8.80. The number of ether oxygens (including phenoxy) is 1. The molecule has 1 atom stereocenters. The Labute approximate surface area is 279 Å². The molecule has 12 heteroatoms. The highest BCUT2D eigenvalue weighted by Crippen LogP contribution is 2.29. The minimum absolute atomic E-state index is 0.0449. The van der Waals surface area contributed by atoms with E-state index in [-0.39, 0.29) is 22.6 Å². The molecule has 6 rings (SSSR count). The third-order valence-electron chi connectivity index (χ3n) is 8.55. The number of nitrogens with one attached hydrogen (secondary N) is 1. The molecule has 0 bridgehead atoms. The van der Waals surface area contributed by atoms with Crippen LogP contribution in [0.3, 0.4) is 0 Å². The van der Waals surface area contributed by atoms with Gasteiger partial charge in [0, 0.05) is 49.4 Å². The summed E-state index contributed by atoms with van der Waals surface area (Å²) in [7, 11) is 0. The van der Waals surface area contributed by atoms with E-state index in [9.17, 15) is 27.6 Å². The lowest BCUT2D eigenvalue weighted by atomic mass is 9.97. The summed E-state index contributed by atoms with van der Waals surface area (Å²) in [5.74, 6) is -1.27. The average molecular weight is 680 g/mol. The summed E-state index contributed by atoms with van der Waals surface area (Å²) in [5, 5.41) is 3.41. The molecule has 3 aromatic carbocycles. The molecular weight excluding hydrogens is 647 g/mol. The van der Waals surface area contributed by atoms with Gasteiger partial charge in [0.25, 0.3) is 5.91 Å². The van der Waals surface area contributed by atoms with E-state index >= 15 is 0 Å². The van der Waals surface area contributed by atoms with Crippen LogP contribution in [0.2, 0.25) is 5.02 Å². The number of nitrogens with zero attached hydrogens (tertiary/aromatic N) is 2. The summed E-state index contributed by atoms with van der Waals surface area (Å²) in [6.07, 6.45) is 0.576. The van der Waals surface area contributed by atoms with Crippen molar-refractivity contribution in [1.29, 1.82) is 0 Å². The Morgan fingerprint density at radius 1 is 0.979 bits per heavy atom. The first-order valence-electron chi connectivity index (χ1n) is 15.7. The van der Waals surface area contributed by atoms with Crippen LogP contribution in [0.25, 0.3) is 11.0 Å². The lowest BCUT2D eigenvalue weighted by Crippen LogP contribution is -2.37. The molecule has 4 aromatic rings. The summed E-state index contributed by atoms with van der Waals surface area (Å²) in [6.45, 7) is 2.90. The molecule has 1 N–H and O–H groups in total. The van der Waals surface area contributed by atoms with E-state index in [0.29, 0.717) is 24.4 Å². The van der Waals surface area contributed by atoms with Gasteiger partial charge in [0.1, 0.15) is 11.3 Å². The van der Waals surface area contributed by atoms with Crippen LogP contribution in [-0.2, 0) is 17.8 Å². The zero-order chi connectivity index (χ0) is 33.8. The summed E-state index contributed by atoms with van der Waals surface area (Å²) >= 11 is 6.09. The van der Waals surface area contributed by atoms with Crippen LogP contribution in [0.15, 0.2) is 93.7 Å². The van der Waals surface area contributed by atoms with Crippen LogP contribution in [0, 0.1) is 0 Å². The molecule has 2 aliphatic rings. The van der Waals surface area contributed by atoms with Crippen LogP contribution < -0.4 is 20.4 Å². The van der Waals surface area contributed by atoms with E-state index in [2.05, 4.69) is 27.1 Å². The van der Waals surface area contributed by atoms with Gasteiger partial charge in [-0.25, -0.2) is 0 Å². The normalized spacial score (nSPS) is 15.9. The summed E-state index contributed by atoms with van der Waals surface area (Å²) in [5.41, 5.74) is 3.61. The zero-order valence-corrected chi connectivity index (χ0v) is 26.7. The number of hydrogen-bond acceptors (Lipinski definition) is 6. The summed E-state index contributed by atoms with van der Waals surface area (Å²) in [6, 6.07) is 19.1. The van der Waals surface area contributed by atoms with E-state index in [1.165, 1.54) is 0 Å². The van der Waals surface area contributed by atoms with Gasteiger partial charge in [-0.1, -0.05) is 53.6 Å². The highest BCUT2D eigenvalue weighted by atomic mass is 35.5. The summed E-state index contributed by atoms with van der Waals surface area (Å²) in [4.78, 5) is 42.7. The third kappa shape index (κ3) is 8.20. The SMILES string of the molecule is O=C(N[C@H](C=C1CCN(c2ccccc2CN2CCCC2=O)CC1)Cc1ccc(Cl)cc1)c1cc(=O)c2cc(OC(F)(F)F)ccc2o1. The second-order valence-corrected chi connectivity index (χ2v) is 12.4. The molecule has 0 spiro atoms. The van der Waals surface area contributed by atoms with E-state index in [1.807, 2.05) is 35.2 Å². The van der Waals surface area contributed by atoms with Gasteiger partial charge in [-0.2, -0.15) is 0 Å². The number of para-hydroxylation sites is 1. The number of likely N-dealkylation sites (tertiary alicyclic amines) is 1. The van der Waals surface area contributed by atoms with Crippen molar-refractivity contribution in [2.24, 2.45) is 0 Å². The van der Waals surface area contributed by atoms with Gasteiger partial charge >= 0.3 is 6.36 Å². The predicted octanol–water partition coefficient (Wildman–Crippen LogP) is 7.04. The zero-order valence-electron chi connectivity index (χ0n) is 25.9. The van der Waals surface area contributed by atoms with Gasteiger partial charge in [0.15, 0.2) is 11.2 Å². The molecular formula is C36H33ClF3N3O5. The second kappa shape index (κ2) is 14.1. The fourth-order valence-corrected chi connectivity index (χ4v) is 6.35. The molecule has 3 heterocycles. The lowest BCUT2D eigenvalue weighted by molar-refractivity contribution is -0.274. The molecule has 2 saturated heterocycles. The molecule has 0 radical (unpaired) electrons. The van der Waals surface area contributed by atoms with Crippen molar-refractivity contribution in [3.05, 3.63) is 117 Å². The monoisotopic (exact) mass is 679 g/mol. The molecule has 0 unspecified atom stereocenters. The maximum Gasteiger partial charge on any atom is 0.573 e. The molecule has 2 fully saturated rings. The largest absolute Gasteiger partial charge is 0.573 e. The van der Waals surface area contributed by atoms with Crippen molar-refractivity contribution in [3.63, 3.8) is 0 Å². The van der Waals surface area contributed by atoms with Gasteiger partial charge in [0.2, 0.25) is 5.91 Å². The summed E-state index contributed by atoms with van der Waals surface area (Å²) < 4.78 is 47.6. The number of amides is 2. The van der Waals surface area contributed by atoms with Gasteiger partial charge in [0.05, 0.1) is 11.4 Å². The fourth-order valence-electron chi connectivity index (χ4n) is 6.23. The standard InChI is InChI=1S/C36H33ClF3N3O5/c37-26-9-7-23(8-10-26)18-27(41-35(46)33-21-31(44)29-20-28(48-36(38,39)40)11-12-32(29)47-33)19-24-13-16-42(17-14-24)30-5-2-1-4-25(30)22-43-15-3-6-34(43)45/h1-2,4-5,7-12,19-21,27H,3,6,13-18,22H2,(H,41,46)/t27-/m0/s1. The van der Waals surface area contributed by atoms with Crippen molar-refractivity contribution in [3.8, 4) is 5.75 Å². The van der Waals surface area contributed by atoms with Crippen molar-refractivity contribution < 1.29 is 31.9 Å². The Balaban J connectivity index is 1.19. The number of carbonyl (C=O) groups is 2. The lowest BCUT2D eigenvalue weighted by Gasteiger charge is -2.33. The minimum Gasteiger partial charge on any atom is -0.451 e. The van der Waals surface area contributed by atoms with E-state index < -0.39 is 29.5 Å². The number of alkyl halides is 3. The van der Waals surface area contributed by atoms with Crippen molar-refractivity contribution in [2.45, 2.75) is 51.1 Å². The Bertz CT molecular complexity index is 1900. The van der Waals surface area contributed by atoms with Crippen LogP contribution in [0.1, 0.15) is 47.4 Å². The number of rotatable bonds is 9. The van der Waals surface area contributed by atoms with E-state index in [0.717, 1.165) is 85.5 Å². The molecule has 8 nitrogen and oxygen atoms in total. The predicted molar refractivity (Wildman–Crippen MR) is 176 cm³/mol. The van der Waals surface area contributed by atoms with Crippen LogP contribution in [0.4, 0.5) is 18.9 Å². The molecule has 250 valence electrons. The number of anilines is 1. The van der Waals surface area contributed by atoms with Gasteiger partial charge < -0.3 is 24.3 Å². The molecule has 0 saturated carbocycles. The first-order valence-corrected chi connectivity index (χ1v) is 16.1. The fraction of sp³-hybridized carbons (Fsp3) is 0.306. The molecule has 2 amide bonds. The van der Waals surface area contributed by atoms with Crippen LogP contribution >= 0.6 is 11.6 Å².